The molecule has 0 aliphatic carbocycles. The highest BCUT2D eigenvalue weighted by Gasteiger charge is 2.27. The van der Waals surface area contributed by atoms with E-state index in [9.17, 15) is 4.79 Å². The van der Waals surface area contributed by atoms with E-state index < -0.39 is 6.04 Å². The van der Waals surface area contributed by atoms with Gasteiger partial charge in [0.25, 0.3) is 0 Å². The number of amides is 1. The monoisotopic (exact) mass is 374 g/mol. The van der Waals surface area contributed by atoms with Crippen molar-refractivity contribution in [1.82, 2.24) is 4.90 Å². The van der Waals surface area contributed by atoms with Crippen molar-refractivity contribution in [3.63, 3.8) is 0 Å². The van der Waals surface area contributed by atoms with Crippen molar-refractivity contribution in [2.75, 3.05) is 13.1 Å². The van der Waals surface area contributed by atoms with Crippen molar-refractivity contribution >= 4 is 18.3 Å². The summed E-state index contributed by atoms with van der Waals surface area (Å²) >= 11 is 0. The molecule has 1 amide bonds. The average molecular weight is 375 g/mol. The number of piperidine rings is 1. The Hall–Kier alpha value is -1.88. The Morgan fingerprint density at radius 1 is 1.12 bits per heavy atom. The first kappa shape index (κ1) is 20.4. The van der Waals surface area contributed by atoms with Crippen LogP contribution in [0.2, 0.25) is 0 Å². The van der Waals surface area contributed by atoms with Gasteiger partial charge >= 0.3 is 0 Å². The summed E-state index contributed by atoms with van der Waals surface area (Å²) in [4.78, 5) is 14.5. The number of halogens is 1. The molecular formula is C21H27ClN2O2. The molecule has 4 nitrogen and oxygen atoms in total. The van der Waals surface area contributed by atoms with E-state index in [4.69, 9.17) is 10.5 Å². The number of carbonyl (C=O) groups excluding carboxylic acids is 1. The average Bonchev–Trinajstić information content (AvgIpc) is 2.67. The van der Waals surface area contributed by atoms with Crippen molar-refractivity contribution in [2.24, 2.45) is 5.73 Å². The Morgan fingerprint density at radius 3 is 2.35 bits per heavy atom. The molecule has 0 radical (unpaired) electrons. The van der Waals surface area contributed by atoms with Crippen LogP contribution in [0.5, 0.6) is 0 Å². The Morgan fingerprint density at radius 2 is 1.73 bits per heavy atom. The van der Waals surface area contributed by atoms with Gasteiger partial charge in [0.15, 0.2) is 0 Å². The number of hydrogen-bond acceptors (Lipinski definition) is 3. The second-order valence-corrected chi connectivity index (χ2v) is 6.71. The lowest BCUT2D eigenvalue weighted by atomic mass is 10.0. The number of hydrogen-bond donors (Lipinski definition) is 1. The summed E-state index contributed by atoms with van der Waals surface area (Å²) in [5, 5.41) is 0. The van der Waals surface area contributed by atoms with Gasteiger partial charge in [-0.3, -0.25) is 4.79 Å². The smallest absolute Gasteiger partial charge is 0.244 e. The molecule has 26 heavy (non-hydrogen) atoms. The molecule has 1 heterocycles. The standard InChI is InChI=1S/C21H26N2O2.ClH/c1-16-7-9-18(10-8-16)20(22)21(24)23-13-11-19(12-14-23)25-15-17-5-3-2-4-6-17;/h2-10,19-20H,11-15,22H2,1H3;1H. The van der Waals surface area contributed by atoms with Crippen molar-refractivity contribution in [3.05, 3.63) is 71.3 Å². The fourth-order valence-corrected chi connectivity index (χ4v) is 3.14. The molecular weight excluding hydrogens is 348 g/mol. The van der Waals surface area contributed by atoms with Gasteiger partial charge in [0, 0.05) is 13.1 Å². The number of nitrogens with two attached hydrogens (primary N) is 1. The normalized spacial score (nSPS) is 16.0. The molecule has 1 fully saturated rings. The van der Waals surface area contributed by atoms with Crippen LogP contribution in [0.25, 0.3) is 0 Å². The molecule has 0 saturated carbocycles. The van der Waals surface area contributed by atoms with Crippen LogP contribution in [0, 0.1) is 6.92 Å². The third-order valence-corrected chi connectivity index (χ3v) is 4.78. The van der Waals surface area contributed by atoms with Gasteiger partial charge in [0.2, 0.25) is 5.91 Å². The SMILES string of the molecule is Cc1ccc(C(N)C(=O)N2CCC(OCc3ccccc3)CC2)cc1.Cl. The minimum absolute atomic E-state index is 0. The zero-order valence-corrected chi connectivity index (χ0v) is 16.0. The quantitative estimate of drug-likeness (QED) is 0.869. The highest BCUT2D eigenvalue weighted by Crippen LogP contribution is 2.20. The molecule has 2 N–H and O–H groups in total. The third kappa shape index (κ3) is 5.31. The van der Waals surface area contributed by atoms with Crippen molar-refractivity contribution in [1.29, 1.82) is 0 Å². The Bertz CT molecular complexity index is 683. The lowest BCUT2D eigenvalue weighted by Crippen LogP contribution is -2.44. The van der Waals surface area contributed by atoms with Crippen LogP contribution in [0.3, 0.4) is 0 Å². The van der Waals surface area contributed by atoms with E-state index in [0.29, 0.717) is 19.7 Å². The topological polar surface area (TPSA) is 55.6 Å². The first-order chi connectivity index (χ1) is 12.1. The van der Waals surface area contributed by atoms with Crippen LogP contribution < -0.4 is 5.73 Å². The van der Waals surface area contributed by atoms with Crippen LogP contribution in [0.1, 0.15) is 35.6 Å². The minimum Gasteiger partial charge on any atom is -0.373 e. The zero-order chi connectivity index (χ0) is 17.6. The van der Waals surface area contributed by atoms with E-state index in [1.807, 2.05) is 54.3 Å². The van der Waals surface area contributed by atoms with Gasteiger partial charge in [-0.25, -0.2) is 0 Å². The van der Waals surface area contributed by atoms with Gasteiger partial charge in [-0.15, -0.1) is 12.4 Å². The van der Waals surface area contributed by atoms with Crippen molar-refractivity contribution in [3.8, 4) is 0 Å². The molecule has 1 atom stereocenters. The van der Waals surface area contributed by atoms with Gasteiger partial charge in [-0.1, -0.05) is 60.2 Å². The third-order valence-electron chi connectivity index (χ3n) is 4.78. The van der Waals surface area contributed by atoms with E-state index in [-0.39, 0.29) is 24.4 Å². The van der Waals surface area contributed by atoms with E-state index in [0.717, 1.165) is 18.4 Å². The molecule has 5 heteroatoms. The largest absolute Gasteiger partial charge is 0.373 e. The molecule has 2 aromatic carbocycles. The number of likely N-dealkylation sites (tertiary alicyclic amines) is 1. The van der Waals surface area contributed by atoms with E-state index in [2.05, 4.69) is 12.1 Å². The fourth-order valence-electron chi connectivity index (χ4n) is 3.14. The van der Waals surface area contributed by atoms with E-state index in [1.165, 1.54) is 11.1 Å². The number of benzene rings is 2. The summed E-state index contributed by atoms with van der Waals surface area (Å²) in [7, 11) is 0. The van der Waals surface area contributed by atoms with Gasteiger partial charge in [-0.2, -0.15) is 0 Å². The number of nitrogens with zero attached hydrogens (tertiary/aromatic N) is 1. The Kier molecular flexibility index (Phi) is 7.64. The molecule has 1 aliphatic rings. The number of ether oxygens (including phenoxy) is 1. The zero-order valence-electron chi connectivity index (χ0n) is 15.1. The molecule has 1 saturated heterocycles. The predicted molar refractivity (Wildman–Crippen MR) is 106 cm³/mol. The molecule has 0 aromatic heterocycles. The number of carbonyl (C=O) groups is 1. The lowest BCUT2D eigenvalue weighted by molar-refractivity contribution is -0.135. The Balaban J connectivity index is 0.00000243. The Labute approximate surface area is 161 Å². The van der Waals surface area contributed by atoms with Crippen molar-refractivity contribution < 1.29 is 9.53 Å². The van der Waals surface area contributed by atoms with E-state index >= 15 is 0 Å². The molecule has 2 aromatic rings. The second-order valence-electron chi connectivity index (χ2n) is 6.71. The maximum atomic E-state index is 12.6. The molecule has 1 unspecified atom stereocenters. The second kappa shape index (κ2) is 9.72. The van der Waals surface area contributed by atoms with Crippen LogP contribution >= 0.6 is 12.4 Å². The van der Waals surface area contributed by atoms with Crippen LogP contribution in [-0.4, -0.2) is 30.0 Å². The summed E-state index contributed by atoms with van der Waals surface area (Å²) < 4.78 is 5.99. The lowest BCUT2D eigenvalue weighted by Gasteiger charge is -2.33. The first-order valence-corrected chi connectivity index (χ1v) is 8.90. The summed E-state index contributed by atoms with van der Waals surface area (Å²) in [6, 6.07) is 17.5. The van der Waals surface area contributed by atoms with Crippen LogP contribution in [-0.2, 0) is 16.1 Å². The summed E-state index contributed by atoms with van der Waals surface area (Å²) in [6.45, 7) is 4.06. The summed E-state index contributed by atoms with van der Waals surface area (Å²) in [5.74, 6) is 0.00497. The van der Waals surface area contributed by atoms with Crippen LogP contribution in [0.4, 0.5) is 0 Å². The van der Waals surface area contributed by atoms with Gasteiger partial charge in [-0.05, 0) is 30.9 Å². The van der Waals surface area contributed by atoms with Gasteiger partial charge < -0.3 is 15.4 Å². The molecule has 0 spiro atoms. The molecule has 1 aliphatic heterocycles. The highest BCUT2D eigenvalue weighted by molar-refractivity contribution is 5.85. The maximum absolute atomic E-state index is 12.6. The highest BCUT2D eigenvalue weighted by atomic mass is 35.5. The first-order valence-electron chi connectivity index (χ1n) is 8.90. The van der Waals surface area contributed by atoms with Crippen molar-refractivity contribution in [2.45, 2.75) is 38.5 Å². The number of rotatable bonds is 5. The maximum Gasteiger partial charge on any atom is 0.244 e. The van der Waals surface area contributed by atoms with Crippen LogP contribution in [0.15, 0.2) is 54.6 Å². The fraction of sp³-hybridized carbons (Fsp3) is 0.381. The molecule has 0 bridgehead atoms. The molecule has 3 rings (SSSR count). The predicted octanol–water partition coefficient (Wildman–Crippen LogP) is 3.62. The number of aryl methyl sites for hydroxylation is 1. The minimum atomic E-state index is -0.581. The summed E-state index contributed by atoms with van der Waals surface area (Å²) in [5.41, 5.74) is 9.39. The molecule has 140 valence electrons. The van der Waals surface area contributed by atoms with E-state index in [1.54, 1.807) is 0 Å². The van der Waals surface area contributed by atoms with Gasteiger partial charge in [0.05, 0.1) is 12.7 Å². The van der Waals surface area contributed by atoms with Gasteiger partial charge in [0.1, 0.15) is 6.04 Å². The summed E-state index contributed by atoms with van der Waals surface area (Å²) in [6.07, 6.45) is 1.93.